The van der Waals surface area contributed by atoms with Gasteiger partial charge in [0, 0.05) is 25.2 Å². The van der Waals surface area contributed by atoms with E-state index in [1.807, 2.05) is 20.0 Å². The van der Waals surface area contributed by atoms with Gasteiger partial charge in [-0.05, 0) is 37.5 Å². The topological polar surface area (TPSA) is 51.0 Å². The van der Waals surface area contributed by atoms with Crippen molar-refractivity contribution in [1.29, 1.82) is 0 Å². The molecule has 122 valence electrons. The van der Waals surface area contributed by atoms with Crippen molar-refractivity contribution in [2.75, 3.05) is 11.4 Å². The first-order valence-corrected chi connectivity index (χ1v) is 7.95. The SMILES string of the molecule is Cc1nn(C)c2ncc(C(=O)N3CCCc4cccc(F)c43)cc12. The zero-order valence-electron chi connectivity index (χ0n) is 13.6. The molecule has 0 unspecified atom stereocenters. The highest BCUT2D eigenvalue weighted by Crippen LogP contribution is 2.31. The highest BCUT2D eigenvalue weighted by Gasteiger charge is 2.27. The summed E-state index contributed by atoms with van der Waals surface area (Å²) in [6.45, 7) is 2.39. The van der Waals surface area contributed by atoms with E-state index in [1.54, 1.807) is 23.0 Å². The van der Waals surface area contributed by atoms with Gasteiger partial charge in [-0.3, -0.25) is 9.48 Å². The van der Waals surface area contributed by atoms with Crippen LogP contribution < -0.4 is 4.90 Å². The Bertz CT molecular complexity index is 963. The number of amides is 1. The third kappa shape index (κ3) is 2.18. The van der Waals surface area contributed by atoms with Crippen molar-refractivity contribution < 1.29 is 9.18 Å². The summed E-state index contributed by atoms with van der Waals surface area (Å²) in [4.78, 5) is 18.9. The zero-order chi connectivity index (χ0) is 16.8. The third-order valence-corrected chi connectivity index (χ3v) is 4.52. The molecule has 0 saturated heterocycles. The second-order valence-corrected chi connectivity index (χ2v) is 6.11. The van der Waals surface area contributed by atoms with Gasteiger partial charge in [-0.15, -0.1) is 0 Å². The van der Waals surface area contributed by atoms with Crippen LogP contribution in [0.1, 0.15) is 28.0 Å². The van der Waals surface area contributed by atoms with E-state index >= 15 is 0 Å². The summed E-state index contributed by atoms with van der Waals surface area (Å²) in [6, 6.07) is 6.76. The second-order valence-electron chi connectivity index (χ2n) is 6.11. The van der Waals surface area contributed by atoms with Crippen molar-refractivity contribution in [1.82, 2.24) is 14.8 Å². The summed E-state index contributed by atoms with van der Waals surface area (Å²) in [5.74, 6) is -0.578. The molecule has 0 radical (unpaired) electrons. The van der Waals surface area contributed by atoms with Gasteiger partial charge < -0.3 is 4.90 Å². The molecular weight excluding hydrogens is 307 g/mol. The number of aryl methyl sites for hydroxylation is 3. The molecule has 0 saturated carbocycles. The Morgan fingerprint density at radius 2 is 2.17 bits per heavy atom. The quantitative estimate of drug-likeness (QED) is 0.691. The van der Waals surface area contributed by atoms with Gasteiger partial charge in [-0.1, -0.05) is 12.1 Å². The van der Waals surface area contributed by atoms with Crippen molar-refractivity contribution >= 4 is 22.6 Å². The molecular formula is C18H17FN4O. The fraction of sp³-hybridized carbons (Fsp3) is 0.278. The number of hydrogen-bond donors (Lipinski definition) is 0. The van der Waals surface area contributed by atoms with Gasteiger partial charge in [0.2, 0.25) is 0 Å². The molecule has 6 heteroatoms. The molecule has 3 aromatic rings. The highest BCUT2D eigenvalue weighted by molar-refractivity contribution is 6.08. The number of carbonyl (C=O) groups is 1. The largest absolute Gasteiger partial charge is 0.305 e. The standard InChI is InChI=1S/C18H17FN4O/c1-11-14-9-13(10-20-17(14)22(2)21-11)18(24)23-8-4-6-12-5-3-7-15(19)16(12)23/h3,5,7,9-10H,4,6,8H2,1-2H3. The van der Waals surface area contributed by atoms with Crippen molar-refractivity contribution in [3.05, 3.63) is 53.1 Å². The number of halogens is 1. The smallest absolute Gasteiger partial charge is 0.259 e. The van der Waals surface area contributed by atoms with Gasteiger partial charge in [-0.2, -0.15) is 5.10 Å². The monoisotopic (exact) mass is 324 g/mol. The molecule has 3 heterocycles. The number of para-hydroxylation sites is 1. The van der Waals surface area contributed by atoms with Gasteiger partial charge in [0.15, 0.2) is 5.65 Å². The lowest BCUT2D eigenvalue weighted by atomic mass is 10.0. The van der Waals surface area contributed by atoms with Gasteiger partial charge in [0.05, 0.1) is 16.9 Å². The predicted molar refractivity (Wildman–Crippen MR) is 89.6 cm³/mol. The zero-order valence-corrected chi connectivity index (χ0v) is 13.6. The van der Waals surface area contributed by atoms with Crippen LogP contribution >= 0.6 is 0 Å². The maximum atomic E-state index is 14.3. The van der Waals surface area contributed by atoms with Crippen LogP contribution in [0.25, 0.3) is 11.0 Å². The van der Waals surface area contributed by atoms with Crippen LogP contribution in [0.5, 0.6) is 0 Å². The van der Waals surface area contributed by atoms with Gasteiger partial charge >= 0.3 is 0 Å². The van der Waals surface area contributed by atoms with Gasteiger partial charge in [0.1, 0.15) is 5.82 Å². The molecule has 1 amide bonds. The van der Waals surface area contributed by atoms with E-state index in [0.29, 0.717) is 17.8 Å². The minimum Gasteiger partial charge on any atom is -0.305 e. The third-order valence-electron chi connectivity index (χ3n) is 4.52. The normalized spacial score (nSPS) is 14.0. The van der Waals surface area contributed by atoms with Crippen LogP contribution in [0.3, 0.4) is 0 Å². The number of benzene rings is 1. The van der Waals surface area contributed by atoms with Crippen molar-refractivity contribution in [3.63, 3.8) is 0 Å². The number of hydrogen-bond acceptors (Lipinski definition) is 3. The first kappa shape index (κ1) is 14.8. The first-order valence-electron chi connectivity index (χ1n) is 7.95. The molecule has 0 spiro atoms. The molecule has 1 aromatic carbocycles. The maximum Gasteiger partial charge on any atom is 0.259 e. The summed E-state index contributed by atoms with van der Waals surface area (Å²) >= 11 is 0. The minimum atomic E-state index is -0.354. The molecule has 24 heavy (non-hydrogen) atoms. The number of nitrogens with zero attached hydrogens (tertiary/aromatic N) is 4. The minimum absolute atomic E-state index is 0.223. The van der Waals surface area contributed by atoms with E-state index in [-0.39, 0.29) is 11.7 Å². The molecule has 5 nitrogen and oxygen atoms in total. The van der Waals surface area contributed by atoms with E-state index in [4.69, 9.17) is 0 Å². The van der Waals surface area contributed by atoms with Gasteiger partial charge in [0.25, 0.3) is 5.91 Å². The molecule has 4 rings (SSSR count). The number of aromatic nitrogens is 3. The Balaban J connectivity index is 1.79. The fourth-order valence-electron chi connectivity index (χ4n) is 3.39. The van der Waals surface area contributed by atoms with E-state index in [2.05, 4.69) is 10.1 Å². The molecule has 0 N–H and O–H groups in total. The van der Waals surface area contributed by atoms with Crippen molar-refractivity contribution in [2.24, 2.45) is 7.05 Å². The van der Waals surface area contributed by atoms with E-state index in [9.17, 15) is 9.18 Å². The number of fused-ring (bicyclic) bond motifs is 2. The lowest BCUT2D eigenvalue weighted by Crippen LogP contribution is -2.36. The van der Waals surface area contributed by atoms with Gasteiger partial charge in [-0.25, -0.2) is 9.37 Å². The van der Waals surface area contributed by atoms with Crippen LogP contribution in [0.2, 0.25) is 0 Å². The maximum absolute atomic E-state index is 14.3. The average Bonchev–Trinajstić information content (AvgIpc) is 2.88. The van der Waals surface area contributed by atoms with E-state index < -0.39 is 0 Å². The van der Waals surface area contributed by atoms with E-state index in [1.165, 1.54) is 11.0 Å². The summed E-state index contributed by atoms with van der Waals surface area (Å²) < 4.78 is 16.0. The molecule has 2 aromatic heterocycles. The predicted octanol–water partition coefficient (Wildman–Crippen LogP) is 3.01. The number of pyridine rings is 1. The molecule has 0 bridgehead atoms. The number of rotatable bonds is 1. The average molecular weight is 324 g/mol. The Morgan fingerprint density at radius 1 is 1.33 bits per heavy atom. The molecule has 0 fully saturated rings. The lowest BCUT2D eigenvalue weighted by Gasteiger charge is -2.29. The van der Waals surface area contributed by atoms with Crippen LogP contribution in [0.4, 0.5) is 10.1 Å². The Hall–Kier alpha value is -2.76. The Kier molecular flexibility index (Phi) is 3.33. The molecule has 1 aliphatic rings. The molecule has 0 atom stereocenters. The van der Waals surface area contributed by atoms with Crippen LogP contribution in [0.15, 0.2) is 30.5 Å². The van der Waals surface area contributed by atoms with Crippen LogP contribution in [-0.2, 0) is 13.5 Å². The Labute approximate surface area is 138 Å². The second kappa shape index (κ2) is 5.40. The summed E-state index contributed by atoms with van der Waals surface area (Å²) in [5, 5.41) is 5.16. The summed E-state index contributed by atoms with van der Waals surface area (Å²) in [7, 11) is 1.82. The van der Waals surface area contributed by atoms with Crippen molar-refractivity contribution in [3.8, 4) is 0 Å². The summed E-state index contributed by atoms with van der Waals surface area (Å²) in [6.07, 6.45) is 3.15. The fourth-order valence-corrected chi connectivity index (χ4v) is 3.39. The number of anilines is 1. The first-order chi connectivity index (χ1) is 11.6. The molecule has 1 aliphatic heterocycles. The molecule has 0 aliphatic carbocycles. The van der Waals surface area contributed by atoms with Crippen LogP contribution in [0, 0.1) is 12.7 Å². The Morgan fingerprint density at radius 3 is 3.00 bits per heavy atom. The number of carbonyl (C=O) groups excluding carboxylic acids is 1. The highest BCUT2D eigenvalue weighted by atomic mass is 19.1. The lowest BCUT2D eigenvalue weighted by molar-refractivity contribution is 0.0984. The van der Waals surface area contributed by atoms with E-state index in [0.717, 1.165) is 35.1 Å². The van der Waals surface area contributed by atoms with Crippen LogP contribution in [-0.4, -0.2) is 27.2 Å². The van der Waals surface area contributed by atoms with Crippen molar-refractivity contribution in [2.45, 2.75) is 19.8 Å². The summed E-state index contributed by atoms with van der Waals surface area (Å²) in [5.41, 5.74) is 3.28.